The van der Waals surface area contributed by atoms with Gasteiger partial charge in [-0.05, 0) is 60.7 Å². The average molecular weight is 654 g/mol. The van der Waals surface area contributed by atoms with Crippen molar-refractivity contribution in [2.24, 2.45) is 5.92 Å². The van der Waals surface area contributed by atoms with E-state index in [1.165, 1.54) is 23.5 Å². The molecule has 4 heterocycles. The Morgan fingerprint density at radius 1 is 1.09 bits per heavy atom. The molecule has 232 valence electrons. The van der Waals surface area contributed by atoms with Gasteiger partial charge in [0.1, 0.15) is 27.1 Å². The van der Waals surface area contributed by atoms with Crippen LogP contribution < -0.4 is 10.2 Å². The first-order chi connectivity index (χ1) is 20.5. The number of carbonyl (C=O) groups is 1. The zero-order valence-corrected chi connectivity index (χ0v) is 26.5. The highest BCUT2D eigenvalue weighted by Gasteiger charge is 2.35. The molecule has 2 unspecified atom stereocenters. The number of nitrogens with zero attached hydrogens (tertiary/aromatic N) is 4. The summed E-state index contributed by atoms with van der Waals surface area (Å²) in [7, 11) is -1.48. The van der Waals surface area contributed by atoms with Gasteiger partial charge in [-0.15, -0.1) is 11.3 Å². The highest BCUT2D eigenvalue weighted by molar-refractivity contribution is 7.85. The molecule has 0 bridgehead atoms. The van der Waals surface area contributed by atoms with Crippen molar-refractivity contribution >= 4 is 45.6 Å². The molecule has 2 fully saturated rings. The van der Waals surface area contributed by atoms with E-state index in [4.69, 9.17) is 16.6 Å². The zero-order chi connectivity index (χ0) is 30.7. The molecule has 1 amide bonds. The minimum Gasteiger partial charge on any atom is -0.354 e. The number of aromatic nitrogens is 1. The summed E-state index contributed by atoms with van der Waals surface area (Å²) >= 11 is 7.27. The van der Waals surface area contributed by atoms with Gasteiger partial charge in [0, 0.05) is 51.4 Å². The first kappa shape index (κ1) is 31.9. The number of amides is 1. The molecule has 3 aromatic rings. The van der Waals surface area contributed by atoms with Gasteiger partial charge in [-0.25, -0.2) is 13.5 Å². The van der Waals surface area contributed by atoms with Crippen molar-refractivity contribution in [2.75, 3.05) is 44.2 Å². The third kappa shape index (κ3) is 7.96. The molecule has 43 heavy (non-hydrogen) atoms. The number of halogens is 4. The first-order valence-corrected chi connectivity index (χ1v) is 16.7. The molecule has 0 saturated carbocycles. The molecule has 13 heteroatoms. The monoisotopic (exact) mass is 653 g/mol. The number of thiophene rings is 1. The summed E-state index contributed by atoms with van der Waals surface area (Å²) in [6, 6.07) is 11.6. The van der Waals surface area contributed by atoms with E-state index in [9.17, 15) is 22.2 Å². The molecule has 1 N–H and O–H groups in total. The predicted molar refractivity (Wildman–Crippen MR) is 165 cm³/mol. The second-order valence-corrected chi connectivity index (χ2v) is 14.7. The van der Waals surface area contributed by atoms with Crippen LogP contribution in [-0.4, -0.2) is 69.6 Å². The van der Waals surface area contributed by atoms with Gasteiger partial charge in [-0.2, -0.15) is 13.2 Å². The Balaban J connectivity index is 1.34. The van der Waals surface area contributed by atoms with Gasteiger partial charge in [-0.1, -0.05) is 37.6 Å². The minimum absolute atomic E-state index is 0.205. The standard InChI is InChI=1S/C30H35ClF3N5O2S2/c1-20(2)19-37-12-14-38(15-13-37)27-17-21(16-24(36-27)22-5-7-23(8-6-22)30(32,33)34)18-35-29(40)25-4-3-11-39(25)43(41)28-10-9-26(31)42-28/h5-10,16-17,20,25H,3-4,11-15,18-19H2,1-2H3,(H,35,40). The van der Waals surface area contributed by atoms with E-state index in [1.807, 2.05) is 6.07 Å². The number of nitrogens with one attached hydrogen (secondary N) is 1. The topological polar surface area (TPSA) is 68.8 Å². The van der Waals surface area contributed by atoms with Crippen molar-refractivity contribution in [2.45, 2.75) is 49.7 Å². The molecular formula is C30H35ClF3N5O2S2. The average Bonchev–Trinajstić information content (AvgIpc) is 3.65. The molecule has 7 nitrogen and oxygen atoms in total. The van der Waals surface area contributed by atoms with Gasteiger partial charge >= 0.3 is 6.18 Å². The number of pyridine rings is 1. The largest absolute Gasteiger partial charge is 0.416 e. The Hall–Kier alpha value is -2.51. The summed E-state index contributed by atoms with van der Waals surface area (Å²) in [6.07, 6.45) is -3.08. The maximum absolute atomic E-state index is 13.3. The number of hydrogen-bond donors (Lipinski definition) is 1. The third-order valence-electron chi connectivity index (χ3n) is 7.61. The number of benzene rings is 1. The SMILES string of the molecule is CC(C)CN1CCN(c2cc(CNC(=O)C3CCCN3S(=O)c3ccc(Cl)s3)cc(-c3ccc(C(F)(F)F)cc3)n2)CC1. The molecule has 0 radical (unpaired) electrons. The zero-order valence-electron chi connectivity index (χ0n) is 24.1. The third-order valence-corrected chi connectivity index (χ3v) is 10.7. The Morgan fingerprint density at radius 3 is 2.44 bits per heavy atom. The highest BCUT2D eigenvalue weighted by Crippen LogP contribution is 2.32. The Bertz CT molecular complexity index is 1440. The van der Waals surface area contributed by atoms with Gasteiger partial charge in [-0.3, -0.25) is 9.69 Å². The summed E-state index contributed by atoms with van der Waals surface area (Å²) in [4.78, 5) is 22.8. The lowest BCUT2D eigenvalue weighted by Gasteiger charge is -2.36. The fourth-order valence-electron chi connectivity index (χ4n) is 5.50. The number of alkyl halides is 3. The fourth-order valence-corrected chi connectivity index (χ4v) is 8.40. The molecular weight excluding hydrogens is 619 g/mol. The van der Waals surface area contributed by atoms with Gasteiger partial charge < -0.3 is 10.2 Å². The van der Waals surface area contributed by atoms with Crippen molar-refractivity contribution < 1.29 is 22.2 Å². The van der Waals surface area contributed by atoms with Crippen LogP contribution in [0.3, 0.4) is 0 Å². The van der Waals surface area contributed by atoms with Crippen molar-refractivity contribution in [1.82, 2.24) is 19.5 Å². The van der Waals surface area contributed by atoms with Crippen LogP contribution in [-0.2, 0) is 28.5 Å². The molecule has 1 aromatic carbocycles. The van der Waals surface area contributed by atoms with E-state index in [2.05, 4.69) is 29.0 Å². The molecule has 2 saturated heterocycles. The lowest BCUT2D eigenvalue weighted by Crippen LogP contribution is -2.47. The second-order valence-electron chi connectivity index (χ2n) is 11.3. The van der Waals surface area contributed by atoms with Crippen LogP contribution in [0.1, 0.15) is 37.8 Å². The molecule has 2 aliphatic rings. The Morgan fingerprint density at radius 2 is 1.81 bits per heavy atom. The molecule has 0 spiro atoms. The normalized spacial score (nSPS) is 19.2. The first-order valence-electron chi connectivity index (χ1n) is 14.4. The van der Waals surface area contributed by atoms with Gasteiger partial charge in [0.15, 0.2) is 0 Å². The summed E-state index contributed by atoms with van der Waals surface area (Å²) in [6.45, 7) is 9.49. The number of rotatable bonds is 9. The van der Waals surface area contributed by atoms with Crippen LogP contribution in [0.4, 0.5) is 19.0 Å². The minimum atomic E-state index is -4.42. The quantitative estimate of drug-likeness (QED) is 0.304. The van der Waals surface area contributed by atoms with Crippen LogP contribution in [0.25, 0.3) is 11.3 Å². The number of anilines is 1. The van der Waals surface area contributed by atoms with E-state index in [1.54, 1.807) is 22.5 Å². The van der Waals surface area contributed by atoms with E-state index in [-0.39, 0.29) is 12.5 Å². The van der Waals surface area contributed by atoms with Gasteiger partial charge in [0.05, 0.1) is 15.6 Å². The summed E-state index contributed by atoms with van der Waals surface area (Å²) in [5, 5.41) is 3.01. The highest BCUT2D eigenvalue weighted by atomic mass is 35.5. The van der Waals surface area contributed by atoms with Gasteiger partial charge in [0.25, 0.3) is 0 Å². The van der Waals surface area contributed by atoms with Crippen LogP contribution >= 0.6 is 22.9 Å². The maximum atomic E-state index is 13.3. The Labute approximate surface area is 261 Å². The predicted octanol–water partition coefficient (Wildman–Crippen LogP) is 6.06. The van der Waals surface area contributed by atoms with Crippen LogP contribution in [0.5, 0.6) is 0 Å². The number of carbonyl (C=O) groups excluding carboxylic acids is 1. The summed E-state index contributed by atoms with van der Waals surface area (Å²) < 4.78 is 55.6. The van der Waals surface area contributed by atoms with Crippen molar-refractivity contribution in [1.29, 1.82) is 0 Å². The van der Waals surface area contributed by atoms with Crippen molar-refractivity contribution in [3.05, 3.63) is 64.0 Å². The van der Waals surface area contributed by atoms with Gasteiger partial charge in [0.2, 0.25) is 5.91 Å². The molecule has 0 aliphatic carbocycles. The Kier molecular flexibility index (Phi) is 10.1. The van der Waals surface area contributed by atoms with Crippen LogP contribution in [0.2, 0.25) is 4.34 Å². The summed E-state index contributed by atoms with van der Waals surface area (Å²) in [5.41, 5.74) is 1.17. The summed E-state index contributed by atoms with van der Waals surface area (Å²) in [5.74, 6) is 1.08. The molecule has 2 aromatic heterocycles. The molecule has 2 aliphatic heterocycles. The van der Waals surface area contributed by atoms with E-state index >= 15 is 0 Å². The second kappa shape index (κ2) is 13.6. The maximum Gasteiger partial charge on any atom is 0.416 e. The lowest BCUT2D eigenvalue weighted by atomic mass is 10.1. The fraction of sp³-hybridized carbons (Fsp3) is 0.467. The van der Waals surface area contributed by atoms with E-state index in [0.717, 1.165) is 62.7 Å². The molecule has 5 rings (SSSR count). The molecule has 2 atom stereocenters. The van der Waals surface area contributed by atoms with Crippen LogP contribution in [0.15, 0.2) is 52.7 Å². The van der Waals surface area contributed by atoms with Crippen molar-refractivity contribution in [3.8, 4) is 11.3 Å². The number of hydrogen-bond acceptors (Lipinski definition) is 6. The smallest absolute Gasteiger partial charge is 0.354 e. The van der Waals surface area contributed by atoms with Crippen LogP contribution in [0, 0.1) is 5.92 Å². The lowest BCUT2D eigenvalue weighted by molar-refractivity contribution is -0.137. The number of piperazine rings is 1. The van der Waals surface area contributed by atoms with E-state index < -0.39 is 28.8 Å². The van der Waals surface area contributed by atoms with E-state index in [0.29, 0.717) is 38.7 Å². The van der Waals surface area contributed by atoms with Crippen molar-refractivity contribution in [3.63, 3.8) is 0 Å².